The molecule has 0 saturated carbocycles. The van der Waals surface area contributed by atoms with E-state index < -0.39 is 11.4 Å². The van der Waals surface area contributed by atoms with Gasteiger partial charge in [0.1, 0.15) is 17.9 Å². The smallest absolute Gasteiger partial charge is 0.321 e. The number of urea groups is 1. The molecule has 4 amide bonds. The lowest BCUT2D eigenvalue weighted by molar-refractivity contribution is -0.141. The third kappa shape index (κ3) is 4.99. The Morgan fingerprint density at radius 1 is 0.946 bits per heavy atom. The summed E-state index contributed by atoms with van der Waals surface area (Å²) in [6.07, 6.45) is 2.84. The molecular weight excluding hydrogens is 473 g/mol. The lowest BCUT2D eigenvalue weighted by Crippen LogP contribution is -2.58. The van der Waals surface area contributed by atoms with Gasteiger partial charge in [-0.15, -0.1) is 0 Å². The van der Waals surface area contributed by atoms with E-state index in [0.717, 1.165) is 31.6 Å². The molecule has 0 bridgehead atoms. The summed E-state index contributed by atoms with van der Waals surface area (Å²) in [4.78, 5) is 47.1. The van der Waals surface area contributed by atoms with Crippen LogP contribution in [-0.2, 0) is 9.59 Å². The van der Waals surface area contributed by atoms with Crippen LogP contribution in [0.2, 0.25) is 0 Å². The maximum Gasteiger partial charge on any atom is 0.321 e. The van der Waals surface area contributed by atoms with Crippen LogP contribution in [0.5, 0.6) is 0 Å². The first-order valence-electron chi connectivity index (χ1n) is 13.1. The molecule has 3 aliphatic rings. The molecule has 196 valence electrons. The van der Waals surface area contributed by atoms with Crippen molar-refractivity contribution in [1.82, 2.24) is 14.7 Å². The molecule has 37 heavy (non-hydrogen) atoms. The standard InChI is InChI=1S/C28H34FN5O3/c1-21-11-15-31(16-12-21)25(35)19-33-20-34(22-7-3-2-4-8-22)28(26(33)36)13-17-32(18-14-28)27(37)30-24-10-6-5-9-23(24)29/h2-10,21H,11-20H2,1H3,(H,30,37). The van der Waals surface area contributed by atoms with Gasteiger partial charge in [0.2, 0.25) is 5.91 Å². The number of carbonyl (C=O) groups excluding carboxylic acids is 3. The van der Waals surface area contributed by atoms with Gasteiger partial charge in [0.15, 0.2) is 0 Å². The number of para-hydroxylation sites is 2. The third-order valence-corrected chi connectivity index (χ3v) is 8.04. The predicted molar refractivity (Wildman–Crippen MR) is 139 cm³/mol. The van der Waals surface area contributed by atoms with E-state index in [-0.39, 0.29) is 30.1 Å². The Kier molecular flexibility index (Phi) is 7.04. The van der Waals surface area contributed by atoms with Crippen LogP contribution in [0.25, 0.3) is 0 Å². The summed E-state index contributed by atoms with van der Waals surface area (Å²) in [5.74, 6) is 0.0559. The van der Waals surface area contributed by atoms with E-state index in [2.05, 4.69) is 17.1 Å². The van der Waals surface area contributed by atoms with E-state index in [1.54, 1.807) is 21.9 Å². The number of benzene rings is 2. The zero-order chi connectivity index (χ0) is 26.0. The highest BCUT2D eigenvalue weighted by atomic mass is 19.1. The Morgan fingerprint density at radius 2 is 1.59 bits per heavy atom. The Morgan fingerprint density at radius 3 is 2.27 bits per heavy atom. The quantitative estimate of drug-likeness (QED) is 0.684. The summed E-state index contributed by atoms with van der Waals surface area (Å²) in [7, 11) is 0. The number of hydrogen-bond acceptors (Lipinski definition) is 4. The van der Waals surface area contributed by atoms with Crippen LogP contribution in [-0.4, -0.2) is 77.5 Å². The van der Waals surface area contributed by atoms with E-state index in [1.807, 2.05) is 35.2 Å². The molecule has 3 heterocycles. The molecule has 0 unspecified atom stereocenters. The Hall–Kier alpha value is -3.62. The van der Waals surface area contributed by atoms with Gasteiger partial charge in [0, 0.05) is 31.9 Å². The summed E-state index contributed by atoms with van der Waals surface area (Å²) < 4.78 is 14.0. The van der Waals surface area contributed by atoms with E-state index in [0.29, 0.717) is 38.5 Å². The maximum atomic E-state index is 14.0. The van der Waals surface area contributed by atoms with Gasteiger partial charge in [0.25, 0.3) is 5.91 Å². The fourth-order valence-electron chi connectivity index (χ4n) is 5.68. The average Bonchev–Trinajstić information content (AvgIpc) is 3.17. The van der Waals surface area contributed by atoms with Crippen molar-refractivity contribution in [3.05, 3.63) is 60.4 Å². The normalized spacial score (nSPS) is 20.0. The molecule has 1 N–H and O–H groups in total. The molecule has 3 saturated heterocycles. The van der Waals surface area contributed by atoms with E-state index in [9.17, 15) is 18.8 Å². The molecule has 9 heteroatoms. The van der Waals surface area contributed by atoms with Crippen molar-refractivity contribution in [3.63, 3.8) is 0 Å². The molecule has 3 fully saturated rings. The Bertz CT molecular complexity index is 1140. The molecule has 8 nitrogen and oxygen atoms in total. The third-order valence-electron chi connectivity index (χ3n) is 8.04. The van der Waals surface area contributed by atoms with Crippen LogP contribution >= 0.6 is 0 Å². The maximum absolute atomic E-state index is 14.0. The number of amides is 4. The minimum Gasteiger partial charge on any atom is -0.341 e. The molecule has 0 radical (unpaired) electrons. The lowest BCUT2D eigenvalue weighted by Gasteiger charge is -2.43. The van der Waals surface area contributed by atoms with Crippen LogP contribution in [0.3, 0.4) is 0 Å². The molecule has 5 rings (SSSR count). The van der Waals surface area contributed by atoms with E-state index >= 15 is 0 Å². The molecule has 0 atom stereocenters. The van der Waals surface area contributed by atoms with Crippen molar-refractivity contribution in [2.45, 2.75) is 38.1 Å². The topological polar surface area (TPSA) is 76.2 Å². The van der Waals surface area contributed by atoms with Crippen molar-refractivity contribution in [2.75, 3.05) is 49.6 Å². The second-order valence-corrected chi connectivity index (χ2v) is 10.4. The summed E-state index contributed by atoms with van der Waals surface area (Å²) in [6.45, 7) is 4.78. The Balaban J connectivity index is 1.30. The van der Waals surface area contributed by atoms with Gasteiger partial charge in [-0.1, -0.05) is 37.3 Å². The molecule has 0 aliphatic carbocycles. The predicted octanol–water partition coefficient (Wildman–Crippen LogP) is 3.76. The number of likely N-dealkylation sites (tertiary alicyclic amines) is 2. The number of carbonyl (C=O) groups is 3. The van der Waals surface area contributed by atoms with Gasteiger partial charge in [0.05, 0.1) is 12.4 Å². The van der Waals surface area contributed by atoms with Crippen molar-refractivity contribution in [1.29, 1.82) is 0 Å². The molecule has 2 aromatic rings. The second kappa shape index (κ2) is 10.4. The van der Waals surface area contributed by atoms with Gasteiger partial charge < -0.3 is 24.9 Å². The van der Waals surface area contributed by atoms with Gasteiger partial charge in [-0.05, 0) is 55.9 Å². The Labute approximate surface area is 217 Å². The largest absolute Gasteiger partial charge is 0.341 e. The average molecular weight is 508 g/mol. The number of nitrogens with one attached hydrogen (secondary N) is 1. The molecule has 1 spiro atoms. The monoisotopic (exact) mass is 507 g/mol. The lowest BCUT2D eigenvalue weighted by atomic mass is 9.85. The summed E-state index contributed by atoms with van der Waals surface area (Å²) in [5.41, 5.74) is 0.224. The number of rotatable bonds is 4. The fraction of sp³-hybridized carbons (Fsp3) is 0.464. The summed E-state index contributed by atoms with van der Waals surface area (Å²) >= 11 is 0. The van der Waals surface area contributed by atoms with Crippen LogP contribution in [0.4, 0.5) is 20.6 Å². The SMILES string of the molecule is CC1CCN(C(=O)CN2CN(c3ccccc3)C3(CCN(C(=O)Nc4ccccc4F)CC3)C2=O)CC1. The number of anilines is 2. The van der Waals surface area contributed by atoms with Crippen LogP contribution in [0, 0.1) is 11.7 Å². The van der Waals surface area contributed by atoms with Gasteiger partial charge >= 0.3 is 6.03 Å². The fourth-order valence-corrected chi connectivity index (χ4v) is 5.68. The first-order valence-corrected chi connectivity index (χ1v) is 13.1. The van der Waals surface area contributed by atoms with Crippen LogP contribution in [0.1, 0.15) is 32.6 Å². The number of nitrogens with zero attached hydrogens (tertiary/aromatic N) is 4. The van der Waals surface area contributed by atoms with Crippen LogP contribution < -0.4 is 10.2 Å². The number of halogens is 1. The van der Waals surface area contributed by atoms with Gasteiger partial charge in [-0.3, -0.25) is 9.59 Å². The summed E-state index contributed by atoms with van der Waals surface area (Å²) in [6, 6.07) is 15.4. The number of piperidine rings is 2. The van der Waals surface area contributed by atoms with E-state index in [1.165, 1.54) is 12.1 Å². The van der Waals surface area contributed by atoms with Crippen molar-refractivity contribution in [2.24, 2.45) is 5.92 Å². The summed E-state index contributed by atoms with van der Waals surface area (Å²) in [5, 5.41) is 2.64. The highest BCUT2D eigenvalue weighted by Gasteiger charge is 2.54. The van der Waals surface area contributed by atoms with Crippen molar-refractivity contribution in [3.8, 4) is 0 Å². The second-order valence-electron chi connectivity index (χ2n) is 10.4. The zero-order valence-electron chi connectivity index (χ0n) is 21.2. The van der Waals surface area contributed by atoms with Crippen molar-refractivity contribution < 1.29 is 18.8 Å². The molecule has 3 aliphatic heterocycles. The molecule has 2 aromatic carbocycles. The minimum absolute atomic E-state index is 0.00740. The molecule has 0 aromatic heterocycles. The van der Waals surface area contributed by atoms with Crippen molar-refractivity contribution >= 4 is 29.2 Å². The van der Waals surface area contributed by atoms with Crippen LogP contribution in [0.15, 0.2) is 54.6 Å². The van der Waals surface area contributed by atoms with Gasteiger partial charge in [-0.2, -0.15) is 0 Å². The number of hydrogen-bond donors (Lipinski definition) is 1. The first kappa shape index (κ1) is 25.0. The highest BCUT2D eigenvalue weighted by Crippen LogP contribution is 2.39. The highest BCUT2D eigenvalue weighted by molar-refractivity contribution is 5.97. The van der Waals surface area contributed by atoms with E-state index in [4.69, 9.17) is 0 Å². The van der Waals surface area contributed by atoms with Gasteiger partial charge in [-0.25, -0.2) is 9.18 Å². The first-order chi connectivity index (χ1) is 17.9. The minimum atomic E-state index is -0.827. The molecular formula is C28H34FN5O3. The zero-order valence-corrected chi connectivity index (χ0v) is 21.2.